The van der Waals surface area contributed by atoms with Gasteiger partial charge in [-0.15, -0.1) is 0 Å². The number of nitrogens with one attached hydrogen (secondary N) is 3. The molecule has 2 unspecified atom stereocenters. The van der Waals surface area contributed by atoms with Crippen LogP contribution >= 0.6 is 0 Å². The Morgan fingerprint density at radius 2 is 2.22 bits per heavy atom. The molecule has 0 aliphatic heterocycles. The number of carbonyl (C=O) groups is 2. The molecule has 1 heterocycles. The number of H-pyrrole nitrogens is 1. The summed E-state index contributed by atoms with van der Waals surface area (Å²) >= 11 is 0. The third kappa shape index (κ3) is 4.44. The smallest absolute Gasteiger partial charge is 0.326 e. The van der Waals surface area contributed by atoms with E-state index in [9.17, 15) is 9.59 Å². The highest BCUT2D eigenvalue weighted by atomic mass is 16.4. The fourth-order valence-corrected chi connectivity index (χ4v) is 1.34. The molecule has 0 aliphatic rings. The Morgan fingerprint density at radius 1 is 1.50 bits per heavy atom. The molecule has 2 amide bonds. The Morgan fingerprint density at radius 3 is 2.72 bits per heavy atom. The number of hydrogen-bond donors (Lipinski definition) is 4. The standard InChI is InChI=1S/C11H18N4O3/c1-3-7(2)14-11(18)15-9(10(16)17)4-8-5-12-6-13-8/h5-7,9H,3-4H2,1-2H3,(H,12,13)(H,16,17)(H2,14,15,18). The summed E-state index contributed by atoms with van der Waals surface area (Å²) in [5.41, 5.74) is 0.659. The Bertz CT molecular complexity index is 391. The van der Waals surface area contributed by atoms with Gasteiger partial charge in [0.1, 0.15) is 6.04 Å². The van der Waals surface area contributed by atoms with E-state index in [4.69, 9.17) is 5.11 Å². The molecule has 2 atom stereocenters. The van der Waals surface area contributed by atoms with Crippen LogP contribution in [0.3, 0.4) is 0 Å². The number of aromatic nitrogens is 2. The van der Waals surface area contributed by atoms with Gasteiger partial charge in [-0.2, -0.15) is 0 Å². The second-order valence-corrected chi connectivity index (χ2v) is 4.10. The summed E-state index contributed by atoms with van der Waals surface area (Å²) in [6, 6.07) is -1.45. The van der Waals surface area contributed by atoms with Gasteiger partial charge in [-0.1, -0.05) is 6.92 Å². The van der Waals surface area contributed by atoms with Crippen molar-refractivity contribution in [3.8, 4) is 0 Å². The van der Waals surface area contributed by atoms with E-state index in [2.05, 4.69) is 20.6 Å². The highest BCUT2D eigenvalue weighted by molar-refractivity contribution is 5.82. The molecule has 0 spiro atoms. The summed E-state index contributed by atoms with van der Waals surface area (Å²) in [7, 11) is 0. The van der Waals surface area contributed by atoms with Crippen LogP contribution in [-0.2, 0) is 11.2 Å². The van der Waals surface area contributed by atoms with Gasteiger partial charge in [0, 0.05) is 24.4 Å². The maximum atomic E-state index is 11.5. The molecule has 0 saturated heterocycles. The molecule has 7 heteroatoms. The number of aliphatic carboxylic acids is 1. The van der Waals surface area contributed by atoms with E-state index in [1.165, 1.54) is 12.5 Å². The van der Waals surface area contributed by atoms with Gasteiger partial charge in [0.05, 0.1) is 6.33 Å². The lowest BCUT2D eigenvalue weighted by atomic mass is 10.1. The largest absolute Gasteiger partial charge is 0.480 e. The summed E-state index contributed by atoms with van der Waals surface area (Å²) in [5, 5.41) is 14.1. The van der Waals surface area contributed by atoms with Crippen LogP contribution in [0, 0.1) is 0 Å². The predicted octanol–water partition coefficient (Wildman–Crippen LogP) is 0.503. The lowest BCUT2D eigenvalue weighted by molar-refractivity contribution is -0.139. The van der Waals surface area contributed by atoms with Crippen molar-refractivity contribution in [1.82, 2.24) is 20.6 Å². The number of imidazole rings is 1. The zero-order valence-electron chi connectivity index (χ0n) is 10.4. The normalized spacial score (nSPS) is 13.7. The van der Waals surface area contributed by atoms with E-state index in [-0.39, 0.29) is 12.5 Å². The van der Waals surface area contributed by atoms with Crippen LogP contribution < -0.4 is 10.6 Å². The van der Waals surface area contributed by atoms with Gasteiger partial charge in [-0.25, -0.2) is 14.6 Å². The summed E-state index contributed by atoms with van der Waals surface area (Å²) in [5.74, 6) is -1.08. The van der Waals surface area contributed by atoms with E-state index in [0.29, 0.717) is 5.69 Å². The van der Waals surface area contributed by atoms with Crippen LogP contribution in [0.15, 0.2) is 12.5 Å². The van der Waals surface area contributed by atoms with Crippen LogP contribution in [0.25, 0.3) is 0 Å². The van der Waals surface area contributed by atoms with Crippen LogP contribution in [0.5, 0.6) is 0 Å². The number of carboxylic acid groups (broad SMARTS) is 1. The number of nitrogens with zero attached hydrogens (tertiary/aromatic N) is 1. The van der Waals surface area contributed by atoms with Crippen LogP contribution in [0.2, 0.25) is 0 Å². The molecule has 1 rings (SSSR count). The van der Waals surface area contributed by atoms with Crippen molar-refractivity contribution in [1.29, 1.82) is 0 Å². The predicted molar refractivity (Wildman–Crippen MR) is 65.1 cm³/mol. The third-order valence-corrected chi connectivity index (χ3v) is 2.57. The first-order chi connectivity index (χ1) is 8.52. The molecular formula is C11H18N4O3. The maximum absolute atomic E-state index is 11.5. The second kappa shape index (κ2) is 6.63. The minimum Gasteiger partial charge on any atom is -0.480 e. The monoisotopic (exact) mass is 254 g/mol. The first-order valence-electron chi connectivity index (χ1n) is 5.80. The van der Waals surface area contributed by atoms with Crippen LogP contribution in [0.4, 0.5) is 4.79 Å². The molecule has 0 radical (unpaired) electrons. The number of rotatable bonds is 6. The third-order valence-electron chi connectivity index (χ3n) is 2.57. The molecule has 1 aromatic heterocycles. The first kappa shape index (κ1) is 14.0. The van der Waals surface area contributed by atoms with E-state index >= 15 is 0 Å². The van der Waals surface area contributed by atoms with Gasteiger partial charge >= 0.3 is 12.0 Å². The summed E-state index contributed by atoms with van der Waals surface area (Å²) in [4.78, 5) is 29.2. The van der Waals surface area contributed by atoms with Crippen molar-refractivity contribution in [2.75, 3.05) is 0 Å². The lowest BCUT2D eigenvalue weighted by Gasteiger charge is -2.17. The maximum Gasteiger partial charge on any atom is 0.326 e. The van der Waals surface area contributed by atoms with E-state index < -0.39 is 18.0 Å². The zero-order chi connectivity index (χ0) is 13.5. The lowest BCUT2D eigenvalue weighted by Crippen LogP contribution is -2.49. The van der Waals surface area contributed by atoms with Crippen molar-refractivity contribution < 1.29 is 14.7 Å². The van der Waals surface area contributed by atoms with Gasteiger partial charge in [-0.05, 0) is 13.3 Å². The Hall–Kier alpha value is -2.05. The minimum absolute atomic E-state index is 0.00611. The van der Waals surface area contributed by atoms with Crippen molar-refractivity contribution >= 4 is 12.0 Å². The molecule has 0 saturated carbocycles. The fraction of sp³-hybridized carbons (Fsp3) is 0.545. The zero-order valence-corrected chi connectivity index (χ0v) is 10.4. The van der Waals surface area contributed by atoms with Gasteiger partial charge in [0.15, 0.2) is 0 Å². The number of aromatic amines is 1. The highest BCUT2D eigenvalue weighted by Gasteiger charge is 2.21. The van der Waals surface area contributed by atoms with Gasteiger partial charge in [-0.3, -0.25) is 0 Å². The van der Waals surface area contributed by atoms with E-state index in [1.807, 2.05) is 13.8 Å². The van der Waals surface area contributed by atoms with Crippen LogP contribution in [-0.4, -0.2) is 39.2 Å². The molecule has 1 aromatic rings. The van der Waals surface area contributed by atoms with Crippen molar-refractivity contribution in [2.45, 2.75) is 38.8 Å². The molecule has 0 aromatic carbocycles. The Labute approximate surface area is 105 Å². The molecule has 4 N–H and O–H groups in total. The summed E-state index contributed by atoms with van der Waals surface area (Å²) in [6.07, 6.45) is 3.95. The summed E-state index contributed by atoms with van der Waals surface area (Å²) in [6.45, 7) is 3.79. The molecule has 100 valence electrons. The number of urea groups is 1. The molecule has 0 bridgehead atoms. The number of hydrogen-bond acceptors (Lipinski definition) is 3. The van der Waals surface area contributed by atoms with E-state index in [0.717, 1.165) is 6.42 Å². The number of amides is 2. The van der Waals surface area contributed by atoms with Gasteiger partial charge in [0.25, 0.3) is 0 Å². The average molecular weight is 254 g/mol. The first-order valence-corrected chi connectivity index (χ1v) is 5.80. The molecule has 0 fully saturated rings. The molecule has 18 heavy (non-hydrogen) atoms. The molecule has 7 nitrogen and oxygen atoms in total. The van der Waals surface area contributed by atoms with Crippen molar-refractivity contribution in [3.05, 3.63) is 18.2 Å². The van der Waals surface area contributed by atoms with Crippen LogP contribution in [0.1, 0.15) is 26.0 Å². The van der Waals surface area contributed by atoms with E-state index in [1.54, 1.807) is 0 Å². The van der Waals surface area contributed by atoms with Crippen molar-refractivity contribution in [2.24, 2.45) is 0 Å². The number of carboxylic acids is 1. The highest BCUT2D eigenvalue weighted by Crippen LogP contribution is 1.99. The molecular weight excluding hydrogens is 236 g/mol. The Kier molecular flexibility index (Phi) is 5.16. The van der Waals surface area contributed by atoms with Crippen molar-refractivity contribution in [3.63, 3.8) is 0 Å². The summed E-state index contributed by atoms with van der Waals surface area (Å²) < 4.78 is 0. The quantitative estimate of drug-likeness (QED) is 0.593. The topological polar surface area (TPSA) is 107 Å². The average Bonchev–Trinajstić information content (AvgIpc) is 2.80. The molecule has 0 aliphatic carbocycles. The Balaban J connectivity index is 2.53. The van der Waals surface area contributed by atoms with Gasteiger partial charge < -0.3 is 20.7 Å². The fourth-order valence-electron chi connectivity index (χ4n) is 1.34. The minimum atomic E-state index is -1.08. The number of carbonyl (C=O) groups excluding carboxylic acids is 1. The second-order valence-electron chi connectivity index (χ2n) is 4.10. The SMILES string of the molecule is CCC(C)NC(=O)NC(Cc1cnc[nH]1)C(=O)O. The van der Waals surface area contributed by atoms with Gasteiger partial charge in [0.2, 0.25) is 0 Å².